The summed E-state index contributed by atoms with van der Waals surface area (Å²) in [5.74, 6) is 9.70. The third kappa shape index (κ3) is 15.0. The molecule has 0 saturated heterocycles. The molecular weight excluding hydrogens is 1330 g/mol. The summed E-state index contributed by atoms with van der Waals surface area (Å²) in [6.45, 7) is 63.7. The molecule has 0 bridgehead atoms. The molecule has 7 aromatic rings. The Morgan fingerprint density at radius 3 is 1.09 bits per heavy atom. The minimum Gasteiger partial charge on any atom is -0.0995 e. The molecule has 3 spiro atoms. The molecule has 3 saturated carbocycles. The highest BCUT2D eigenvalue weighted by molar-refractivity contribution is 5.76. The van der Waals surface area contributed by atoms with Crippen molar-refractivity contribution in [2.45, 2.75) is 257 Å². The van der Waals surface area contributed by atoms with Crippen LogP contribution in [0.5, 0.6) is 0 Å². The van der Waals surface area contributed by atoms with Gasteiger partial charge in [0.05, 0.1) is 0 Å². The zero-order valence-corrected chi connectivity index (χ0v) is 72.9. The fraction of sp³-hybridized carbons (Fsp3) is 0.441. The van der Waals surface area contributed by atoms with E-state index in [-0.39, 0.29) is 10.8 Å². The van der Waals surface area contributed by atoms with Crippen molar-refractivity contribution in [1.82, 2.24) is 0 Å². The van der Waals surface area contributed by atoms with Crippen LogP contribution in [-0.2, 0) is 22.7 Å². The quantitative estimate of drug-likeness (QED) is 0.133. The van der Waals surface area contributed by atoms with Gasteiger partial charge in [-0.3, -0.25) is 0 Å². The largest absolute Gasteiger partial charge is 0.0995 e. The Bertz CT molecular complexity index is 4830. The smallest absolute Gasteiger partial charge is 0.0247 e. The molecule has 3 fully saturated rings. The maximum Gasteiger partial charge on any atom is 0.0247 e. The fourth-order valence-corrected chi connectivity index (χ4v) is 24.6. The van der Waals surface area contributed by atoms with E-state index in [2.05, 4.69) is 367 Å². The standard InChI is InChI=1S/2C23H28.C22H26.C20H24.C15H20.C8H10/c2*1-13(2)21-16(5)12-23-19(21)10-8-15(4)22(23)17(6)18-9-7-14(3)11-20(18)23;1-15-5-8-19(9-6-15)11-17(3)12-20-14-18(4)21-10-7-16(2)13-22(20)21;1-12-5-8-17-15(4)19-14(3)6-7-16-9-13(2)11-20(16,19)18(17)10-12;1-10(2)7-13-9-12(4)14-6-5-11(3)8-15(13)14;1-7-3-5-8(2)6-4-7/h2*7-11,16-17,21-22H,1,12H2,2-6H3;5-10,13-14,17-18H,11-12H2,1-4H3;5-8,10,13,15,19H,9,11H2,1-4H3;5-6,8-10,12H,7H2,1-4H3;3-6H,1-2H3/t2*16-,17?,21?,22?,23+;17-,18?;13-,15?,19?,20-;;/m1100../s1. The first kappa shape index (κ1) is 81.0. The van der Waals surface area contributed by atoms with Gasteiger partial charge in [-0.25, -0.2) is 0 Å². The summed E-state index contributed by atoms with van der Waals surface area (Å²) < 4.78 is 0. The van der Waals surface area contributed by atoms with Crippen LogP contribution in [0, 0.1) is 115 Å². The Labute approximate surface area is 674 Å². The van der Waals surface area contributed by atoms with Gasteiger partial charge in [-0.15, -0.1) is 0 Å². The zero-order chi connectivity index (χ0) is 79.8. The van der Waals surface area contributed by atoms with Crippen LogP contribution >= 0.6 is 0 Å². The van der Waals surface area contributed by atoms with Crippen molar-refractivity contribution in [1.29, 1.82) is 0 Å². The number of fused-ring (bicyclic) bond motifs is 5. The van der Waals surface area contributed by atoms with Crippen LogP contribution in [0.25, 0.3) is 11.1 Å². The average Bonchev–Trinajstić information content (AvgIpc) is 1.51. The van der Waals surface area contributed by atoms with Crippen LogP contribution in [0.15, 0.2) is 246 Å². The molecule has 11 aliphatic carbocycles. The molecule has 0 heterocycles. The predicted octanol–water partition coefficient (Wildman–Crippen LogP) is 30.4. The second-order valence-electron chi connectivity index (χ2n) is 38.6. The van der Waals surface area contributed by atoms with Gasteiger partial charge >= 0.3 is 0 Å². The molecule has 17 atom stereocenters. The number of hydrogen-bond donors (Lipinski definition) is 0. The molecule has 10 unspecified atom stereocenters. The van der Waals surface area contributed by atoms with E-state index < -0.39 is 0 Å². The van der Waals surface area contributed by atoms with E-state index in [0.29, 0.717) is 82.3 Å². The Morgan fingerprint density at radius 2 is 0.703 bits per heavy atom. The van der Waals surface area contributed by atoms with Crippen molar-refractivity contribution >= 4 is 11.1 Å². The van der Waals surface area contributed by atoms with Gasteiger partial charge in [0.15, 0.2) is 0 Å². The van der Waals surface area contributed by atoms with Crippen molar-refractivity contribution in [3.8, 4) is 0 Å². The van der Waals surface area contributed by atoms with Crippen LogP contribution in [0.2, 0.25) is 0 Å². The monoisotopic (exact) mass is 1470 g/mol. The second-order valence-corrected chi connectivity index (χ2v) is 38.6. The Hall–Kier alpha value is -8.06. The average molecular weight is 1470 g/mol. The number of rotatable bonds is 8. The summed E-state index contributed by atoms with van der Waals surface area (Å²) >= 11 is 0. The van der Waals surface area contributed by atoms with Crippen molar-refractivity contribution < 1.29 is 0 Å². The lowest BCUT2D eigenvalue weighted by Crippen LogP contribution is -2.35. The van der Waals surface area contributed by atoms with Crippen LogP contribution in [0.3, 0.4) is 0 Å². The van der Waals surface area contributed by atoms with E-state index in [1.807, 2.05) is 0 Å². The summed E-state index contributed by atoms with van der Waals surface area (Å²) in [5.41, 5.74) is 44.3. The highest BCUT2D eigenvalue weighted by Crippen LogP contribution is 2.70. The molecule has 0 nitrogen and oxygen atoms in total. The van der Waals surface area contributed by atoms with Crippen molar-refractivity contribution in [2.75, 3.05) is 0 Å². The maximum atomic E-state index is 4.34. The molecule has 0 N–H and O–H groups in total. The SMILES string of the molecule is C=C(C)C1C2=CC=C(C)C3C(C)c4ccc(C)cc4[C@]23C[C@H]1C.C=C(C)C1C2=CC=C(C)C3C(C)c4ccc(C)cc4[C@]23C[C@H]1C.CC1=CC=C2C[C@H](C)C[C@@]23c2cc(C)ccc2C(C)C13.Cc1ccc(C)cc1.Cc1ccc(C[C@H](C)CC2=CC(C)c3ccc(C)cc32)cc1.Cc1ccc2c(c1)C(CC(C)C)=CC2C. The summed E-state index contributed by atoms with van der Waals surface area (Å²) in [7, 11) is 0. The number of hydrogen-bond acceptors (Lipinski definition) is 0. The van der Waals surface area contributed by atoms with Gasteiger partial charge in [0, 0.05) is 39.9 Å². The molecular formula is C111H136. The summed E-state index contributed by atoms with van der Waals surface area (Å²) in [4.78, 5) is 0. The molecule has 7 aromatic carbocycles. The van der Waals surface area contributed by atoms with Crippen molar-refractivity contribution in [3.05, 3.63) is 352 Å². The normalized spacial score (nSPS) is 29.3. The summed E-state index contributed by atoms with van der Waals surface area (Å²) in [6, 6.07) is 52.7. The highest BCUT2D eigenvalue weighted by atomic mass is 14.7. The molecule has 0 heteroatoms. The molecule has 580 valence electrons. The highest BCUT2D eigenvalue weighted by Gasteiger charge is 2.62. The molecule has 0 radical (unpaired) electrons. The second kappa shape index (κ2) is 32.1. The van der Waals surface area contributed by atoms with Gasteiger partial charge in [-0.05, 0) is 272 Å². The van der Waals surface area contributed by atoms with Crippen molar-refractivity contribution in [3.63, 3.8) is 0 Å². The first-order chi connectivity index (χ1) is 52.7. The number of aryl methyl sites for hydroxylation is 8. The van der Waals surface area contributed by atoms with E-state index >= 15 is 0 Å². The fourth-order valence-electron chi connectivity index (χ4n) is 24.6. The van der Waals surface area contributed by atoms with Crippen LogP contribution in [0.1, 0.15) is 285 Å². The van der Waals surface area contributed by atoms with E-state index in [4.69, 9.17) is 0 Å². The minimum atomic E-state index is 0.225. The van der Waals surface area contributed by atoms with Gasteiger partial charge in [0.2, 0.25) is 0 Å². The van der Waals surface area contributed by atoms with E-state index in [1.54, 1.807) is 78.0 Å². The van der Waals surface area contributed by atoms with Gasteiger partial charge in [0.25, 0.3) is 0 Å². The van der Waals surface area contributed by atoms with Crippen LogP contribution in [0.4, 0.5) is 0 Å². The maximum absolute atomic E-state index is 4.34. The molecule has 0 aromatic heterocycles. The van der Waals surface area contributed by atoms with Crippen molar-refractivity contribution in [2.24, 2.45) is 59.2 Å². The van der Waals surface area contributed by atoms with E-state index in [0.717, 1.165) is 18.3 Å². The minimum absolute atomic E-state index is 0.225. The Balaban J connectivity index is 0.000000119. The van der Waals surface area contributed by atoms with Gasteiger partial charge < -0.3 is 0 Å². The van der Waals surface area contributed by atoms with Gasteiger partial charge in [0.1, 0.15) is 0 Å². The van der Waals surface area contributed by atoms with Gasteiger partial charge in [-0.1, -0.05) is 367 Å². The number of allylic oxidation sites excluding steroid dienone is 18. The van der Waals surface area contributed by atoms with Crippen LogP contribution in [-0.4, -0.2) is 0 Å². The molecule has 111 heavy (non-hydrogen) atoms. The van der Waals surface area contributed by atoms with E-state index in [1.165, 1.54) is 122 Å². The van der Waals surface area contributed by atoms with E-state index in [9.17, 15) is 0 Å². The third-order valence-electron chi connectivity index (χ3n) is 28.8. The molecule has 18 rings (SSSR count). The molecule has 0 amide bonds. The lowest BCUT2D eigenvalue weighted by molar-refractivity contribution is 0.339. The Kier molecular flexibility index (Phi) is 23.4. The lowest BCUT2D eigenvalue weighted by Gasteiger charge is -2.40. The number of benzene rings is 7. The molecule has 11 aliphatic rings. The topological polar surface area (TPSA) is 0 Å². The summed E-state index contributed by atoms with van der Waals surface area (Å²) in [5, 5.41) is 0. The van der Waals surface area contributed by atoms with Crippen LogP contribution < -0.4 is 0 Å². The predicted molar refractivity (Wildman–Crippen MR) is 482 cm³/mol. The zero-order valence-electron chi connectivity index (χ0n) is 72.9. The first-order valence-corrected chi connectivity index (χ1v) is 43.2. The summed E-state index contributed by atoms with van der Waals surface area (Å²) in [6.07, 6.45) is 28.1. The first-order valence-electron chi connectivity index (χ1n) is 43.2. The lowest BCUT2D eigenvalue weighted by atomic mass is 9.63. The molecule has 0 aliphatic heterocycles. The van der Waals surface area contributed by atoms with Gasteiger partial charge in [-0.2, -0.15) is 0 Å². The third-order valence-corrected chi connectivity index (χ3v) is 28.8. The Morgan fingerprint density at radius 1 is 0.369 bits per heavy atom.